The van der Waals surface area contributed by atoms with Gasteiger partial charge < -0.3 is 14.4 Å². The zero-order chi connectivity index (χ0) is 24.8. The molecule has 10 heteroatoms. The van der Waals surface area contributed by atoms with Crippen LogP contribution in [0.5, 0.6) is 11.6 Å². The lowest BCUT2D eigenvalue weighted by atomic mass is 9.98. The number of nitrogens with one attached hydrogen (secondary N) is 1. The number of benzene rings is 2. The molecule has 8 nitrogen and oxygen atoms in total. The number of halogens is 1. The summed E-state index contributed by atoms with van der Waals surface area (Å²) in [6, 6.07) is 12.0. The monoisotopic (exact) mass is 516 g/mol. The molecule has 0 atom stereocenters. The Labute approximate surface area is 211 Å². The van der Waals surface area contributed by atoms with Gasteiger partial charge in [0.25, 0.3) is 15.9 Å². The van der Waals surface area contributed by atoms with Crippen molar-refractivity contribution < 1.29 is 17.9 Å². The molecule has 1 aliphatic heterocycles. The van der Waals surface area contributed by atoms with Crippen LogP contribution in [0.25, 0.3) is 0 Å². The Kier molecular flexibility index (Phi) is 8.10. The van der Waals surface area contributed by atoms with Gasteiger partial charge in [-0.25, -0.2) is 18.4 Å². The second-order valence-electron chi connectivity index (χ2n) is 8.74. The Bertz CT molecular complexity index is 1250. The van der Waals surface area contributed by atoms with Crippen LogP contribution in [-0.2, 0) is 16.6 Å². The van der Waals surface area contributed by atoms with E-state index < -0.39 is 10.0 Å². The largest absolute Gasteiger partial charge is 0.492 e. The fourth-order valence-electron chi connectivity index (χ4n) is 3.74. The zero-order valence-electron chi connectivity index (χ0n) is 19.8. The van der Waals surface area contributed by atoms with E-state index in [0.29, 0.717) is 23.3 Å². The maximum atomic E-state index is 12.8. The van der Waals surface area contributed by atoms with Crippen molar-refractivity contribution in [3.63, 3.8) is 0 Å². The summed E-state index contributed by atoms with van der Waals surface area (Å²) in [7, 11) is -1.71. The van der Waals surface area contributed by atoms with Gasteiger partial charge in [0.1, 0.15) is 12.4 Å². The van der Waals surface area contributed by atoms with Crippen LogP contribution < -0.4 is 14.2 Å². The summed E-state index contributed by atoms with van der Waals surface area (Å²) in [5.41, 5.74) is 1.77. The average Bonchev–Trinajstić information content (AvgIpc) is 2.84. The Morgan fingerprint density at radius 3 is 2.51 bits per heavy atom. The van der Waals surface area contributed by atoms with Gasteiger partial charge in [-0.2, -0.15) is 0 Å². The molecule has 1 N–H and O–H groups in total. The van der Waals surface area contributed by atoms with E-state index in [4.69, 9.17) is 21.1 Å². The Balaban J connectivity index is 1.41. The third kappa shape index (κ3) is 6.84. The molecule has 2 heterocycles. The molecule has 0 spiro atoms. The molecule has 186 valence electrons. The fourth-order valence-corrected chi connectivity index (χ4v) is 4.92. The first kappa shape index (κ1) is 25.2. The number of sulfonamides is 1. The van der Waals surface area contributed by atoms with E-state index >= 15 is 0 Å². The smallest absolute Gasteiger partial charge is 0.263 e. The number of piperidine rings is 1. The Morgan fingerprint density at radius 1 is 1.06 bits per heavy atom. The average molecular weight is 517 g/mol. The van der Waals surface area contributed by atoms with Crippen molar-refractivity contribution in [3.8, 4) is 11.6 Å². The second kappa shape index (κ2) is 11.2. The zero-order valence-corrected chi connectivity index (χ0v) is 21.3. The summed E-state index contributed by atoms with van der Waals surface area (Å²) in [5, 5.41) is 0.535. The van der Waals surface area contributed by atoms with Crippen LogP contribution in [0.15, 0.2) is 59.8 Å². The lowest BCUT2D eigenvalue weighted by Gasteiger charge is -2.28. The van der Waals surface area contributed by atoms with Crippen LogP contribution in [-0.4, -0.2) is 50.0 Å². The van der Waals surface area contributed by atoms with Crippen molar-refractivity contribution in [2.24, 2.45) is 5.92 Å². The van der Waals surface area contributed by atoms with Crippen molar-refractivity contribution in [3.05, 3.63) is 71.0 Å². The third-order valence-corrected chi connectivity index (χ3v) is 7.58. The van der Waals surface area contributed by atoms with Crippen LogP contribution >= 0.6 is 11.6 Å². The van der Waals surface area contributed by atoms with Gasteiger partial charge in [0.2, 0.25) is 5.82 Å². The van der Waals surface area contributed by atoms with E-state index in [1.807, 2.05) is 19.1 Å². The second-order valence-corrected chi connectivity index (χ2v) is 10.8. The van der Waals surface area contributed by atoms with E-state index in [9.17, 15) is 8.42 Å². The van der Waals surface area contributed by atoms with Crippen molar-refractivity contribution in [1.82, 2.24) is 14.9 Å². The number of ether oxygens (including phenoxy) is 2. The highest BCUT2D eigenvalue weighted by molar-refractivity contribution is 7.92. The van der Waals surface area contributed by atoms with Crippen molar-refractivity contribution in [2.45, 2.75) is 31.3 Å². The summed E-state index contributed by atoms with van der Waals surface area (Å²) >= 11 is 6.35. The number of hydrogen-bond acceptors (Lipinski definition) is 7. The molecule has 0 saturated carbocycles. The lowest BCUT2D eigenvalue weighted by molar-refractivity contribution is 0.160. The first-order valence-corrected chi connectivity index (χ1v) is 13.3. The third-order valence-electron chi connectivity index (χ3n) is 5.91. The maximum absolute atomic E-state index is 12.8. The highest BCUT2D eigenvalue weighted by Gasteiger charge is 2.19. The molecular formula is C25H29ClN4O4S. The molecular weight excluding hydrogens is 488 g/mol. The minimum Gasteiger partial charge on any atom is -0.492 e. The summed E-state index contributed by atoms with van der Waals surface area (Å²) in [6.07, 6.45) is 5.05. The van der Waals surface area contributed by atoms with Gasteiger partial charge in [0, 0.05) is 12.4 Å². The Morgan fingerprint density at radius 2 is 1.77 bits per heavy atom. The molecule has 0 aliphatic carbocycles. The number of likely N-dealkylation sites (tertiary alicyclic amines) is 1. The van der Waals surface area contributed by atoms with Crippen molar-refractivity contribution >= 4 is 27.4 Å². The molecule has 4 rings (SSSR count). The minimum absolute atomic E-state index is 0.0146. The quantitative estimate of drug-likeness (QED) is 0.446. The molecule has 0 unspecified atom stereocenters. The van der Waals surface area contributed by atoms with E-state index in [1.54, 1.807) is 18.2 Å². The predicted molar refractivity (Wildman–Crippen MR) is 136 cm³/mol. The van der Waals surface area contributed by atoms with Crippen LogP contribution in [0.4, 0.5) is 5.82 Å². The molecule has 35 heavy (non-hydrogen) atoms. The fraction of sp³-hybridized carbons (Fsp3) is 0.360. The molecule has 1 aromatic heterocycles. The standard InChI is InChI=1S/C25H29ClN4O4S/c1-18-3-6-21(7-4-18)35(31,32)29-24-25(28-12-11-27-24)34-17-20-5-8-22(26)23(15-20)33-16-19-9-13-30(2)14-10-19/h3-8,11-12,15,19H,9-10,13-14,16-17H2,1-2H3,(H,27,29). The molecule has 0 radical (unpaired) electrons. The van der Waals surface area contributed by atoms with Crippen LogP contribution in [0.2, 0.25) is 5.02 Å². The van der Waals surface area contributed by atoms with Crippen LogP contribution in [0.3, 0.4) is 0 Å². The lowest BCUT2D eigenvalue weighted by Crippen LogP contribution is -2.32. The number of aryl methyl sites for hydroxylation is 1. The van der Waals surface area contributed by atoms with Gasteiger partial charge >= 0.3 is 0 Å². The highest BCUT2D eigenvalue weighted by Crippen LogP contribution is 2.29. The molecule has 1 saturated heterocycles. The number of rotatable bonds is 9. The highest BCUT2D eigenvalue weighted by atomic mass is 35.5. The molecule has 2 aromatic carbocycles. The van der Waals surface area contributed by atoms with E-state index in [2.05, 4.69) is 26.6 Å². The number of aromatic nitrogens is 2. The predicted octanol–water partition coefficient (Wildman–Crippen LogP) is 4.54. The van der Waals surface area contributed by atoms with Crippen LogP contribution in [0, 0.1) is 12.8 Å². The van der Waals surface area contributed by atoms with Crippen molar-refractivity contribution in [2.75, 3.05) is 31.5 Å². The van der Waals surface area contributed by atoms with Crippen molar-refractivity contribution in [1.29, 1.82) is 0 Å². The van der Waals surface area contributed by atoms with Gasteiger partial charge in [-0.15, -0.1) is 0 Å². The van der Waals surface area contributed by atoms with Gasteiger partial charge in [0.15, 0.2) is 0 Å². The molecule has 0 amide bonds. The number of hydrogen-bond donors (Lipinski definition) is 1. The van der Waals surface area contributed by atoms with Crippen LogP contribution in [0.1, 0.15) is 24.0 Å². The summed E-state index contributed by atoms with van der Waals surface area (Å²) in [5.74, 6) is 1.20. The molecule has 1 fully saturated rings. The Hall–Kier alpha value is -2.88. The van der Waals surface area contributed by atoms with E-state index in [-0.39, 0.29) is 23.2 Å². The molecule has 0 bridgehead atoms. The van der Waals surface area contributed by atoms with Gasteiger partial charge in [-0.1, -0.05) is 35.4 Å². The van der Waals surface area contributed by atoms with Gasteiger partial charge in [-0.05, 0) is 75.6 Å². The number of nitrogens with zero attached hydrogens (tertiary/aromatic N) is 3. The molecule has 1 aliphatic rings. The van der Waals surface area contributed by atoms with Gasteiger partial charge in [-0.3, -0.25) is 4.72 Å². The number of anilines is 1. The maximum Gasteiger partial charge on any atom is 0.263 e. The minimum atomic E-state index is -3.84. The normalized spacial score (nSPS) is 15.1. The topological polar surface area (TPSA) is 93.7 Å². The summed E-state index contributed by atoms with van der Waals surface area (Å²) in [6.45, 7) is 4.79. The first-order valence-electron chi connectivity index (χ1n) is 11.4. The summed E-state index contributed by atoms with van der Waals surface area (Å²) in [4.78, 5) is 10.7. The van der Waals surface area contributed by atoms with E-state index in [1.165, 1.54) is 24.5 Å². The van der Waals surface area contributed by atoms with Gasteiger partial charge in [0.05, 0.1) is 16.5 Å². The first-order chi connectivity index (χ1) is 16.8. The van der Waals surface area contributed by atoms with E-state index in [0.717, 1.165) is 37.1 Å². The molecule has 3 aromatic rings. The SMILES string of the molecule is Cc1ccc(S(=O)(=O)Nc2nccnc2OCc2ccc(Cl)c(OCC3CCN(C)CC3)c2)cc1. The summed E-state index contributed by atoms with van der Waals surface area (Å²) < 4.78 is 39.9.